The van der Waals surface area contributed by atoms with Gasteiger partial charge in [0.25, 0.3) is 0 Å². The summed E-state index contributed by atoms with van der Waals surface area (Å²) in [6.07, 6.45) is 3.20. The molecule has 2 rings (SSSR count). The lowest BCUT2D eigenvalue weighted by Crippen LogP contribution is -2.28. The average molecular weight is 317 g/mol. The summed E-state index contributed by atoms with van der Waals surface area (Å²) in [7, 11) is 0. The average Bonchev–Trinajstić information content (AvgIpc) is 2.99. The first kappa shape index (κ1) is 16.6. The van der Waals surface area contributed by atoms with Gasteiger partial charge in [-0.15, -0.1) is 0 Å². The van der Waals surface area contributed by atoms with Crippen LogP contribution in [0.3, 0.4) is 0 Å². The molecule has 1 heterocycles. The second-order valence-corrected chi connectivity index (χ2v) is 6.10. The Bertz CT molecular complexity index is 633. The van der Waals surface area contributed by atoms with E-state index in [0.717, 1.165) is 42.4 Å². The zero-order chi connectivity index (χ0) is 15.9. The number of hydrogen-bond donors (Lipinski definition) is 0. The maximum atomic E-state index is 4.43. The fourth-order valence-electron chi connectivity index (χ4n) is 2.40. The van der Waals surface area contributed by atoms with E-state index in [2.05, 4.69) is 65.6 Å². The van der Waals surface area contributed by atoms with Crippen LogP contribution in [-0.2, 0) is 6.54 Å². The zero-order valence-corrected chi connectivity index (χ0v) is 14.7. The summed E-state index contributed by atoms with van der Waals surface area (Å²) in [6.45, 7) is 11.6. The number of thiazole rings is 1. The first-order valence-corrected chi connectivity index (χ1v) is 8.81. The molecule has 5 heteroatoms. The highest BCUT2D eigenvalue weighted by Crippen LogP contribution is 2.27. The van der Waals surface area contributed by atoms with Crippen molar-refractivity contribution >= 4 is 27.8 Å². The topological polar surface area (TPSA) is 31.8 Å². The molecule has 0 fully saturated rings. The number of aromatic nitrogens is 1. The SMILES string of the molecule is CCCN(CC)c1ccc(N=Nc2scc[n+]2CC)c(C)c1. The summed E-state index contributed by atoms with van der Waals surface area (Å²) >= 11 is 1.61. The third-order valence-electron chi connectivity index (χ3n) is 3.66. The van der Waals surface area contributed by atoms with Gasteiger partial charge in [0.1, 0.15) is 11.9 Å². The molecule has 0 aliphatic heterocycles. The lowest BCUT2D eigenvalue weighted by Gasteiger charge is -2.22. The standard InChI is InChI=1S/C17H25N4S/c1-5-10-20(6-2)15-8-9-16(14(4)13-15)18-19-17-21(7-3)11-12-22-17/h8-9,11-13H,5-7,10H2,1-4H3/q+1. The van der Waals surface area contributed by atoms with Crippen LogP contribution < -0.4 is 9.47 Å². The van der Waals surface area contributed by atoms with Crippen LogP contribution in [0.4, 0.5) is 16.5 Å². The quantitative estimate of drug-likeness (QED) is 0.521. The first-order chi connectivity index (χ1) is 10.7. The van der Waals surface area contributed by atoms with E-state index in [0.29, 0.717) is 0 Å². The zero-order valence-electron chi connectivity index (χ0n) is 13.9. The maximum Gasteiger partial charge on any atom is 0.408 e. The number of azo groups is 1. The third-order valence-corrected chi connectivity index (χ3v) is 4.45. The minimum absolute atomic E-state index is 0.915. The minimum Gasteiger partial charge on any atom is -0.372 e. The van der Waals surface area contributed by atoms with Crippen molar-refractivity contribution in [3.8, 4) is 0 Å². The highest BCUT2D eigenvalue weighted by Gasteiger charge is 2.11. The van der Waals surface area contributed by atoms with Crippen molar-refractivity contribution in [3.63, 3.8) is 0 Å². The van der Waals surface area contributed by atoms with E-state index >= 15 is 0 Å². The van der Waals surface area contributed by atoms with E-state index in [4.69, 9.17) is 0 Å². The molecule has 0 radical (unpaired) electrons. The molecule has 4 nitrogen and oxygen atoms in total. The summed E-state index contributed by atoms with van der Waals surface area (Å²) in [5.41, 5.74) is 3.36. The highest BCUT2D eigenvalue weighted by atomic mass is 32.1. The summed E-state index contributed by atoms with van der Waals surface area (Å²) in [5, 5.41) is 11.8. The van der Waals surface area contributed by atoms with Crippen molar-refractivity contribution in [2.45, 2.75) is 40.7 Å². The monoisotopic (exact) mass is 317 g/mol. The molecule has 22 heavy (non-hydrogen) atoms. The van der Waals surface area contributed by atoms with Crippen LogP contribution in [0.1, 0.15) is 32.8 Å². The predicted molar refractivity (Wildman–Crippen MR) is 93.7 cm³/mol. The normalized spacial score (nSPS) is 11.3. The van der Waals surface area contributed by atoms with Gasteiger partial charge in [-0.1, -0.05) is 6.92 Å². The molecule has 0 aliphatic carbocycles. The molecule has 0 amide bonds. The Morgan fingerprint density at radius 1 is 1.18 bits per heavy atom. The molecule has 1 aromatic carbocycles. The van der Waals surface area contributed by atoms with E-state index in [1.165, 1.54) is 5.69 Å². The molecular formula is C17H25N4S+. The van der Waals surface area contributed by atoms with Crippen molar-refractivity contribution in [2.75, 3.05) is 18.0 Å². The third kappa shape index (κ3) is 3.91. The van der Waals surface area contributed by atoms with Crippen molar-refractivity contribution < 1.29 is 4.57 Å². The van der Waals surface area contributed by atoms with Crippen LogP contribution >= 0.6 is 11.3 Å². The smallest absolute Gasteiger partial charge is 0.372 e. The lowest BCUT2D eigenvalue weighted by molar-refractivity contribution is -0.676. The number of aryl methyl sites for hydroxylation is 2. The fraction of sp³-hybridized carbons (Fsp3) is 0.471. The highest BCUT2D eigenvalue weighted by molar-refractivity contribution is 7.12. The Morgan fingerprint density at radius 3 is 2.64 bits per heavy atom. The van der Waals surface area contributed by atoms with E-state index in [1.54, 1.807) is 11.3 Å². The van der Waals surface area contributed by atoms with Gasteiger partial charge in [-0.2, -0.15) is 0 Å². The van der Waals surface area contributed by atoms with E-state index in [-0.39, 0.29) is 0 Å². The van der Waals surface area contributed by atoms with Gasteiger partial charge in [-0.25, -0.2) is 4.57 Å². The Morgan fingerprint density at radius 2 is 2.00 bits per heavy atom. The number of nitrogens with zero attached hydrogens (tertiary/aromatic N) is 4. The summed E-state index contributed by atoms with van der Waals surface area (Å²) in [4.78, 5) is 2.39. The lowest BCUT2D eigenvalue weighted by atomic mass is 10.1. The van der Waals surface area contributed by atoms with Crippen LogP contribution in [0, 0.1) is 6.92 Å². The van der Waals surface area contributed by atoms with Crippen molar-refractivity contribution in [2.24, 2.45) is 10.2 Å². The molecule has 0 unspecified atom stereocenters. The second kappa shape index (κ2) is 8.03. The second-order valence-electron chi connectivity index (χ2n) is 5.22. The summed E-state index contributed by atoms with van der Waals surface area (Å²) < 4.78 is 2.10. The van der Waals surface area contributed by atoms with Crippen LogP contribution in [0.15, 0.2) is 40.0 Å². The molecular weight excluding hydrogens is 292 g/mol. The largest absolute Gasteiger partial charge is 0.408 e. The molecule has 0 bridgehead atoms. The van der Waals surface area contributed by atoms with Gasteiger partial charge < -0.3 is 4.90 Å². The molecule has 1 aromatic heterocycles. The number of hydrogen-bond acceptors (Lipinski definition) is 4. The maximum absolute atomic E-state index is 4.43. The van der Waals surface area contributed by atoms with Crippen LogP contribution in [0.25, 0.3) is 0 Å². The van der Waals surface area contributed by atoms with Gasteiger partial charge in [-0.05, 0) is 67.4 Å². The van der Waals surface area contributed by atoms with Crippen LogP contribution in [0.5, 0.6) is 0 Å². The molecule has 0 saturated heterocycles. The van der Waals surface area contributed by atoms with Crippen LogP contribution in [-0.4, -0.2) is 13.1 Å². The van der Waals surface area contributed by atoms with Gasteiger partial charge in [0.2, 0.25) is 0 Å². The number of anilines is 1. The molecule has 0 spiro atoms. The van der Waals surface area contributed by atoms with Crippen molar-refractivity contribution in [1.82, 2.24) is 0 Å². The van der Waals surface area contributed by atoms with Crippen molar-refractivity contribution in [3.05, 3.63) is 35.3 Å². The van der Waals surface area contributed by atoms with Crippen molar-refractivity contribution in [1.29, 1.82) is 0 Å². The van der Waals surface area contributed by atoms with Crippen LogP contribution in [0.2, 0.25) is 0 Å². The number of benzene rings is 1. The molecule has 2 aromatic rings. The Balaban J connectivity index is 2.19. The predicted octanol–water partition coefficient (Wildman–Crippen LogP) is 5.02. The van der Waals surface area contributed by atoms with Gasteiger partial charge in [-0.3, -0.25) is 0 Å². The van der Waals surface area contributed by atoms with E-state index in [1.807, 2.05) is 11.6 Å². The fourth-order valence-corrected chi connectivity index (χ4v) is 3.15. The number of rotatable bonds is 7. The van der Waals surface area contributed by atoms with Gasteiger partial charge >= 0.3 is 5.13 Å². The summed E-state index contributed by atoms with van der Waals surface area (Å²) in [6, 6.07) is 6.41. The molecule has 0 aliphatic rings. The first-order valence-electron chi connectivity index (χ1n) is 7.93. The van der Waals surface area contributed by atoms with Gasteiger partial charge in [0.15, 0.2) is 0 Å². The molecule has 118 valence electrons. The van der Waals surface area contributed by atoms with Gasteiger partial charge in [0.05, 0.1) is 11.7 Å². The Kier molecular flexibility index (Phi) is 6.07. The molecule has 0 atom stereocenters. The van der Waals surface area contributed by atoms with Gasteiger partial charge in [0, 0.05) is 24.2 Å². The molecule has 0 N–H and O–H groups in total. The Hall–Kier alpha value is -1.75. The molecule has 0 saturated carbocycles. The Labute approximate surface area is 137 Å². The van der Waals surface area contributed by atoms with E-state index < -0.39 is 0 Å². The minimum atomic E-state index is 0.915. The van der Waals surface area contributed by atoms with E-state index in [9.17, 15) is 0 Å². The summed E-state index contributed by atoms with van der Waals surface area (Å²) in [5.74, 6) is 0.